The molecule has 0 aliphatic rings. The number of benzene rings is 1. The van der Waals surface area contributed by atoms with Crippen LogP contribution in [-0.2, 0) is 11.3 Å². The first kappa shape index (κ1) is 19.2. The Morgan fingerprint density at radius 3 is 2.54 bits per heavy atom. The number of carbonyl (C=O) groups excluding carboxylic acids is 2. The van der Waals surface area contributed by atoms with Crippen molar-refractivity contribution in [1.29, 1.82) is 0 Å². The Hall–Kier alpha value is -3.09. The average molecular weight is 356 g/mol. The van der Waals surface area contributed by atoms with Crippen molar-refractivity contribution in [1.82, 2.24) is 9.88 Å². The Bertz CT molecular complexity index is 858. The summed E-state index contributed by atoms with van der Waals surface area (Å²) in [5.41, 5.74) is 3.01. The van der Waals surface area contributed by atoms with Crippen LogP contribution >= 0.6 is 0 Å². The molecule has 7 nitrogen and oxygen atoms in total. The predicted octanol–water partition coefficient (Wildman–Crippen LogP) is 2.64. The van der Waals surface area contributed by atoms with Crippen LogP contribution in [0.15, 0.2) is 41.3 Å². The summed E-state index contributed by atoms with van der Waals surface area (Å²) in [5, 5.41) is 8.35. The molecule has 138 valence electrons. The molecule has 0 aliphatic carbocycles. The van der Waals surface area contributed by atoms with E-state index in [4.69, 9.17) is 0 Å². The molecule has 0 spiro atoms. The Morgan fingerprint density at radius 1 is 1.08 bits per heavy atom. The lowest BCUT2D eigenvalue weighted by Gasteiger charge is -2.15. The van der Waals surface area contributed by atoms with Gasteiger partial charge in [0, 0.05) is 43.7 Å². The summed E-state index contributed by atoms with van der Waals surface area (Å²) >= 11 is 0. The van der Waals surface area contributed by atoms with E-state index in [-0.39, 0.29) is 17.5 Å². The maximum Gasteiger partial charge on any atom is 0.319 e. The molecule has 2 aromatic rings. The highest BCUT2D eigenvalue weighted by molar-refractivity contribution is 5.95. The quantitative estimate of drug-likeness (QED) is 0.695. The number of hydrogen-bond acceptors (Lipinski definition) is 3. The van der Waals surface area contributed by atoms with Gasteiger partial charge in [0.05, 0.1) is 0 Å². The fourth-order valence-electron chi connectivity index (χ4n) is 2.61. The standard InChI is InChI=1S/C19H24N4O3/c1-13-8-9-16(14(2)18(13)21-15(3)24)22-19(26)20-10-6-12-23-11-5-4-7-17(23)25/h4-5,7-9,11H,6,10,12H2,1-3H3,(H,21,24)(H2,20,22,26). The number of pyridine rings is 1. The van der Waals surface area contributed by atoms with Gasteiger partial charge in [-0.3, -0.25) is 9.59 Å². The molecule has 0 aliphatic heterocycles. The highest BCUT2D eigenvalue weighted by atomic mass is 16.2. The minimum atomic E-state index is -0.328. The van der Waals surface area contributed by atoms with E-state index in [1.165, 1.54) is 13.0 Å². The van der Waals surface area contributed by atoms with Crippen molar-refractivity contribution in [2.24, 2.45) is 0 Å². The third-order valence-electron chi connectivity index (χ3n) is 3.98. The number of aromatic nitrogens is 1. The average Bonchev–Trinajstić information content (AvgIpc) is 2.59. The third kappa shape index (κ3) is 5.20. The largest absolute Gasteiger partial charge is 0.338 e. The summed E-state index contributed by atoms with van der Waals surface area (Å²) in [6.07, 6.45) is 2.36. The van der Waals surface area contributed by atoms with Gasteiger partial charge in [0.15, 0.2) is 0 Å². The first-order valence-electron chi connectivity index (χ1n) is 8.46. The highest BCUT2D eigenvalue weighted by Gasteiger charge is 2.11. The molecule has 1 heterocycles. The van der Waals surface area contributed by atoms with Crippen molar-refractivity contribution in [3.63, 3.8) is 0 Å². The Kier molecular flexibility index (Phi) is 6.54. The summed E-state index contributed by atoms with van der Waals surface area (Å²) in [6, 6.07) is 8.32. The number of rotatable bonds is 6. The predicted molar refractivity (Wildman–Crippen MR) is 103 cm³/mol. The van der Waals surface area contributed by atoms with Gasteiger partial charge in [0.2, 0.25) is 11.5 Å². The van der Waals surface area contributed by atoms with Gasteiger partial charge in [-0.15, -0.1) is 0 Å². The van der Waals surface area contributed by atoms with Gasteiger partial charge in [-0.1, -0.05) is 12.1 Å². The number of amides is 3. The number of carbonyl (C=O) groups is 2. The number of urea groups is 1. The van der Waals surface area contributed by atoms with Gasteiger partial charge in [-0.25, -0.2) is 4.79 Å². The monoisotopic (exact) mass is 356 g/mol. The molecule has 0 bridgehead atoms. The number of nitrogens with zero attached hydrogens (tertiary/aromatic N) is 1. The van der Waals surface area contributed by atoms with E-state index in [1.807, 2.05) is 19.9 Å². The lowest BCUT2D eigenvalue weighted by atomic mass is 10.1. The van der Waals surface area contributed by atoms with Crippen LogP contribution in [0.5, 0.6) is 0 Å². The number of hydrogen-bond donors (Lipinski definition) is 3. The molecule has 7 heteroatoms. The van der Waals surface area contributed by atoms with Crippen LogP contribution in [0.25, 0.3) is 0 Å². The van der Waals surface area contributed by atoms with Crippen LogP contribution in [0.2, 0.25) is 0 Å². The molecule has 26 heavy (non-hydrogen) atoms. The number of nitrogens with one attached hydrogen (secondary N) is 3. The maximum atomic E-state index is 12.1. The molecule has 0 atom stereocenters. The molecular weight excluding hydrogens is 332 g/mol. The SMILES string of the molecule is CC(=O)Nc1c(C)ccc(NC(=O)NCCCn2ccccc2=O)c1C. The summed E-state index contributed by atoms with van der Waals surface area (Å²) < 4.78 is 1.60. The van der Waals surface area contributed by atoms with E-state index in [0.29, 0.717) is 30.9 Å². The van der Waals surface area contributed by atoms with Crippen molar-refractivity contribution in [3.05, 3.63) is 58.0 Å². The topological polar surface area (TPSA) is 92.2 Å². The molecule has 3 amide bonds. The first-order valence-corrected chi connectivity index (χ1v) is 8.46. The minimum absolute atomic E-state index is 0.0577. The van der Waals surface area contributed by atoms with Gasteiger partial charge in [-0.05, 0) is 43.5 Å². The lowest BCUT2D eigenvalue weighted by molar-refractivity contribution is -0.114. The third-order valence-corrected chi connectivity index (χ3v) is 3.98. The molecule has 0 saturated heterocycles. The number of aryl methyl sites for hydroxylation is 2. The molecule has 2 rings (SSSR count). The zero-order valence-corrected chi connectivity index (χ0v) is 15.3. The molecule has 3 N–H and O–H groups in total. The van der Waals surface area contributed by atoms with E-state index < -0.39 is 0 Å². The summed E-state index contributed by atoms with van der Waals surface area (Å²) in [6.45, 7) is 6.17. The van der Waals surface area contributed by atoms with Crippen molar-refractivity contribution >= 4 is 23.3 Å². The molecular formula is C19H24N4O3. The fourth-order valence-corrected chi connectivity index (χ4v) is 2.61. The van der Waals surface area contributed by atoms with E-state index in [0.717, 1.165) is 11.1 Å². The summed E-state index contributed by atoms with van der Waals surface area (Å²) in [7, 11) is 0. The molecule has 1 aromatic carbocycles. The van der Waals surface area contributed by atoms with Gasteiger partial charge < -0.3 is 20.5 Å². The minimum Gasteiger partial charge on any atom is -0.338 e. The Labute approximate surface area is 152 Å². The zero-order valence-electron chi connectivity index (χ0n) is 15.3. The lowest BCUT2D eigenvalue weighted by Crippen LogP contribution is -2.31. The summed E-state index contributed by atoms with van der Waals surface area (Å²) in [5.74, 6) is -0.158. The van der Waals surface area contributed by atoms with Crippen LogP contribution < -0.4 is 21.5 Å². The van der Waals surface area contributed by atoms with Gasteiger partial charge in [0.1, 0.15) is 0 Å². The van der Waals surface area contributed by atoms with Crippen LogP contribution in [0.3, 0.4) is 0 Å². The first-order chi connectivity index (χ1) is 12.4. The van der Waals surface area contributed by atoms with Crippen LogP contribution in [0.1, 0.15) is 24.5 Å². The maximum absolute atomic E-state index is 12.1. The van der Waals surface area contributed by atoms with Crippen LogP contribution in [0.4, 0.5) is 16.2 Å². The van der Waals surface area contributed by atoms with Gasteiger partial charge in [-0.2, -0.15) is 0 Å². The second-order valence-corrected chi connectivity index (χ2v) is 6.08. The van der Waals surface area contributed by atoms with Gasteiger partial charge >= 0.3 is 6.03 Å². The normalized spacial score (nSPS) is 10.3. The van der Waals surface area contributed by atoms with Crippen molar-refractivity contribution < 1.29 is 9.59 Å². The van der Waals surface area contributed by atoms with E-state index in [1.54, 1.807) is 29.0 Å². The molecule has 0 radical (unpaired) electrons. The molecule has 0 unspecified atom stereocenters. The molecule has 0 fully saturated rings. The van der Waals surface area contributed by atoms with Crippen molar-refractivity contribution in [3.8, 4) is 0 Å². The van der Waals surface area contributed by atoms with Crippen molar-refractivity contribution in [2.75, 3.05) is 17.2 Å². The van der Waals surface area contributed by atoms with E-state index in [9.17, 15) is 14.4 Å². The van der Waals surface area contributed by atoms with Gasteiger partial charge in [0.25, 0.3) is 0 Å². The van der Waals surface area contributed by atoms with E-state index >= 15 is 0 Å². The Balaban J connectivity index is 1.89. The fraction of sp³-hybridized carbons (Fsp3) is 0.316. The van der Waals surface area contributed by atoms with E-state index in [2.05, 4.69) is 16.0 Å². The zero-order chi connectivity index (χ0) is 19.1. The van der Waals surface area contributed by atoms with Crippen LogP contribution in [-0.4, -0.2) is 23.1 Å². The highest BCUT2D eigenvalue weighted by Crippen LogP contribution is 2.27. The van der Waals surface area contributed by atoms with Crippen molar-refractivity contribution in [2.45, 2.75) is 33.7 Å². The second kappa shape index (κ2) is 8.84. The number of anilines is 2. The smallest absolute Gasteiger partial charge is 0.319 e. The van der Waals surface area contributed by atoms with Crippen LogP contribution in [0, 0.1) is 13.8 Å². The Morgan fingerprint density at radius 2 is 1.85 bits per heavy atom. The molecule has 0 saturated carbocycles. The summed E-state index contributed by atoms with van der Waals surface area (Å²) in [4.78, 5) is 35.0. The second-order valence-electron chi connectivity index (χ2n) is 6.08. The molecule has 1 aromatic heterocycles.